The Balaban J connectivity index is 0.000000199. The Labute approximate surface area is 307 Å². The minimum atomic E-state index is -0.0365. The summed E-state index contributed by atoms with van der Waals surface area (Å²) in [6.45, 7) is 17.0. The van der Waals surface area contributed by atoms with Gasteiger partial charge >= 0.3 is 0 Å². The quantitative estimate of drug-likeness (QED) is 0.139. The second-order valence-electron chi connectivity index (χ2n) is 16.6. The fourth-order valence-corrected chi connectivity index (χ4v) is 8.61. The molecule has 2 aliphatic carbocycles. The number of benzene rings is 4. The van der Waals surface area contributed by atoms with E-state index in [0.29, 0.717) is 46.7 Å². The molecule has 0 aromatic heterocycles. The highest BCUT2D eigenvalue weighted by atomic mass is 16.3. The van der Waals surface area contributed by atoms with Crippen LogP contribution in [0.25, 0.3) is 0 Å². The summed E-state index contributed by atoms with van der Waals surface area (Å²) in [6, 6.07) is 24.6. The number of phenolic OH excluding ortho intramolecular Hbond substituents is 4. The summed E-state index contributed by atoms with van der Waals surface area (Å²) in [6.07, 6.45) is 10.7. The van der Waals surface area contributed by atoms with E-state index in [0.717, 1.165) is 47.9 Å². The molecule has 0 heterocycles. The van der Waals surface area contributed by atoms with Crippen molar-refractivity contribution in [3.8, 4) is 23.0 Å². The van der Waals surface area contributed by atoms with Gasteiger partial charge in [-0.25, -0.2) is 0 Å². The Morgan fingerprint density at radius 2 is 0.588 bits per heavy atom. The van der Waals surface area contributed by atoms with Gasteiger partial charge in [-0.3, -0.25) is 0 Å². The van der Waals surface area contributed by atoms with Crippen LogP contribution in [-0.4, -0.2) is 20.4 Å². The molecule has 0 bridgehead atoms. The first-order valence-electron chi connectivity index (χ1n) is 19.5. The molecule has 0 spiro atoms. The molecule has 0 amide bonds. The average Bonchev–Trinajstić information content (AvgIpc) is 3.33. The fourth-order valence-electron chi connectivity index (χ4n) is 8.61. The van der Waals surface area contributed by atoms with Gasteiger partial charge in [0.2, 0.25) is 0 Å². The molecule has 4 nitrogen and oxygen atoms in total. The van der Waals surface area contributed by atoms with Gasteiger partial charge in [-0.15, -0.1) is 0 Å². The van der Waals surface area contributed by atoms with Crippen molar-refractivity contribution < 1.29 is 20.4 Å². The molecule has 0 unspecified atom stereocenters. The molecule has 0 radical (unpaired) electrons. The molecule has 274 valence electrons. The topological polar surface area (TPSA) is 80.9 Å². The van der Waals surface area contributed by atoms with Crippen molar-refractivity contribution in [2.24, 2.45) is 0 Å². The zero-order valence-electron chi connectivity index (χ0n) is 32.4. The van der Waals surface area contributed by atoms with Crippen molar-refractivity contribution in [1.82, 2.24) is 0 Å². The van der Waals surface area contributed by atoms with Crippen molar-refractivity contribution in [3.63, 3.8) is 0 Å². The molecule has 4 N–H and O–H groups in total. The van der Waals surface area contributed by atoms with E-state index in [4.69, 9.17) is 0 Å². The van der Waals surface area contributed by atoms with E-state index >= 15 is 0 Å². The summed E-state index contributed by atoms with van der Waals surface area (Å²) in [5.41, 5.74) is 9.27. The van der Waals surface area contributed by atoms with Gasteiger partial charge in [0.25, 0.3) is 0 Å². The summed E-state index contributed by atoms with van der Waals surface area (Å²) in [5.74, 6) is 2.74. The van der Waals surface area contributed by atoms with Crippen molar-refractivity contribution in [1.29, 1.82) is 0 Å². The first-order chi connectivity index (χ1) is 24.2. The molecule has 2 saturated carbocycles. The molecule has 6 rings (SSSR count). The standard InChI is InChI=1S/C25H34O2.C22H28O2/c1-17(2)21-15-19(9-11-23(21)26)25(13-7-5-6-8-14-25)20-10-12-24(27)22(16-20)18(3)4;1-14(2)18-12-16(6-8-20(18)23)22(10-5-11-22)17-7-9-21(24)19(13-17)15(3)4/h9-12,15-18,26-27H,5-8,13-14H2,1-4H3;6-9,12-15,23-24H,5,10-11H2,1-4H3. The van der Waals surface area contributed by atoms with Crippen LogP contribution in [0.4, 0.5) is 0 Å². The molecule has 0 aliphatic heterocycles. The number of rotatable bonds is 8. The van der Waals surface area contributed by atoms with Crippen LogP contribution >= 0.6 is 0 Å². The third-order valence-electron chi connectivity index (χ3n) is 12.0. The Morgan fingerprint density at radius 1 is 0.353 bits per heavy atom. The van der Waals surface area contributed by atoms with Crippen LogP contribution in [0.2, 0.25) is 0 Å². The maximum Gasteiger partial charge on any atom is 0.119 e. The summed E-state index contributed by atoms with van der Waals surface area (Å²) >= 11 is 0. The van der Waals surface area contributed by atoms with Crippen molar-refractivity contribution in [3.05, 3.63) is 117 Å². The van der Waals surface area contributed by atoms with Crippen LogP contribution in [-0.2, 0) is 10.8 Å². The number of aromatic hydroxyl groups is 4. The van der Waals surface area contributed by atoms with Crippen molar-refractivity contribution in [2.45, 2.75) is 148 Å². The Morgan fingerprint density at radius 3 is 0.784 bits per heavy atom. The maximum atomic E-state index is 10.3. The molecule has 2 fully saturated rings. The zero-order valence-corrected chi connectivity index (χ0v) is 32.4. The molecular formula is C47H62O4. The summed E-state index contributed by atoms with van der Waals surface area (Å²) in [7, 11) is 0. The molecule has 0 atom stereocenters. The lowest BCUT2D eigenvalue weighted by Gasteiger charge is -2.44. The highest BCUT2D eigenvalue weighted by Gasteiger charge is 2.41. The number of hydrogen-bond donors (Lipinski definition) is 4. The lowest BCUT2D eigenvalue weighted by atomic mass is 9.60. The first-order valence-corrected chi connectivity index (χ1v) is 19.5. The summed E-state index contributed by atoms with van der Waals surface area (Å²) in [5, 5.41) is 41.0. The van der Waals surface area contributed by atoms with Crippen LogP contribution in [0.5, 0.6) is 23.0 Å². The van der Waals surface area contributed by atoms with Crippen LogP contribution in [0.1, 0.15) is 181 Å². The van der Waals surface area contributed by atoms with Crippen molar-refractivity contribution >= 4 is 0 Å². The van der Waals surface area contributed by atoms with Crippen LogP contribution < -0.4 is 0 Å². The third kappa shape index (κ3) is 7.81. The minimum absolute atomic E-state index is 0.0225. The predicted octanol–water partition coefficient (Wildman–Crippen LogP) is 12.8. The molecule has 51 heavy (non-hydrogen) atoms. The molecule has 2 aliphatic rings. The van der Waals surface area contributed by atoms with E-state index in [2.05, 4.69) is 104 Å². The van der Waals surface area contributed by atoms with Crippen molar-refractivity contribution in [2.75, 3.05) is 0 Å². The normalized spacial score (nSPS) is 16.9. The van der Waals surface area contributed by atoms with E-state index in [9.17, 15) is 20.4 Å². The van der Waals surface area contributed by atoms with Gasteiger partial charge in [0, 0.05) is 10.8 Å². The van der Waals surface area contributed by atoms with Gasteiger partial charge < -0.3 is 20.4 Å². The summed E-state index contributed by atoms with van der Waals surface area (Å²) < 4.78 is 0. The fraction of sp³-hybridized carbons (Fsp3) is 0.489. The Kier molecular flexibility index (Phi) is 11.8. The maximum absolute atomic E-state index is 10.3. The predicted molar refractivity (Wildman–Crippen MR) is 212 cm³/mol. The molecule has 0 saturated heterocycles. The Hall–Kier alpha value is -3.92. The second kappa shape index (κ2) is 15.8. The molecule has 4 aromatic rings. The monoisotopic (exact) mass is 690 g/mol. The van der Waals surface area contributed by atoms with Gasteiger partial charge in [0.1, 0.15) is 23.0 Å². The van der Waals surface area contributed by atoms with Gasteiger partial charge in [0.15, 0.2) is 0 Å². The van der Waals surface area contributed by atoms with Crippen LogP contribution in [0.3, 0.4) is 0 Å². The molecule has 4 aromatic carbocycles. The van der Waals surface area contributed by atoms with Gasteiger partial charge in [0.05, 0.1) is 0 Å². The number of hydrogen-bond acceptors (Lipinski definition) is 4. The van der Waals surface area contributed by atoms with E-state index in [1.165, 1.54) is 54.4 Å². The zero-order chi connectivity index (χ0) is 37.1. The van der Waals surface area contributed by atoms with E-state index < -0.39 is 0 Å². The van der Waals surface area contributed by atoms with E-state index in [1.54, 1.807) is 0 Å². The Bertz CT molecular complexity index is 1670. The SMILES string of the molecule is CC(C)c1cc(C2(c3ccc(O)c(C(C)C)c3)CCC2)ccc1O.CC(C)c1cc(C2(c3ccc(O)c(C(C)C)c3)CCCCCC2)ccc1O. The third-order valence-corrected chi connectivity index (χ3v) is 12.0. The average molecular weight is 691 g/mol. The lowest BCUT2D eigenvalue weighted by molar-refractivity contribution is 0.300. The highest BCUT2D eigenvalue weighted by molar-refractivity contribution is 5.51. The number of phenols is 4. The minimum Gasteiger partial charge on any atom is -0.508 e. The van der Waals surface area contributed by atoms with Crippen LogP contribution in [0.15, 0.2) is 72.8 Å². The smallest absolute Gasteiger partial charge is 0.119 e. The van der Waals surface area contributed by atoms with Gasteiger partial charge in [-0.2, -0.15) is 0 Å². The largest absolute Gasteiger partial charge is 0.508 e. The van der Waals surface area contributed by atoms with Crippen LogP contribution in [0, 0.1) is 0 Å². The van der Waals surface area contributed by atoms with Gasteiger partial charge in [-0.05, 0) is 118 Å². The van der Waals surface area contributed by atoms with E-state index in [-0.39, 0.29) is 10.8 Å². The molecule has 4 heteroatoms. The molecular weight excluding hydrogens is 629 g/mol. The highest BCUT2D eigenvalue weighted by Crippen LogP contribution is 2.51. The second-order valence-corrected chi connectivity index (χ2v) is 16.6. The van der Waals surface area contributed by atoms with Gasteiger partial charge in [-0.1, -0.05) is 136 Å². The van der Waals surface area contributed by atoms with E-state index in [1.807, 2.05) is 24.3 Å². The first kappa shape index (κ1) is 38.3. The lowest BCUT2D eigenvalue weighted by Crippen LogP contribution is -2.35. The summed E-state index contributed by atoms with van der Waals surface area (Å²) in [4.78, 5) is 0.